The van der Waals surface area contributed by atoms with E-state index in [0.717, 1.165) is 30.1 Å². The largest absolute Gasteiger partial charge is 0.497 e. The summed E-state index contributed by atoms with van der Waals surface area (Å²) in [5, 5.41) is 6.18. The van der Waals surface area contributed by atoms with Crippen molar-refractivity contribution < 1.29 is 14.3 Å². The minimum atomic E-state index is -0.142. The molecular formula is C18H22N2O3. The first-order valence-corrected chi connectivity index (χ1v) is 7.47. The number of ether oxygens (including phenoxy) is 2. The van der Waals surface area contributed by atoms with Crippen molar-refractivity contribution in [2.45, 2.75) is 6.54 Å². The van der Waals surface area contributed by atoms with Crippen LogP contribution < -0.4 is 15.4 Å². The Balaban J connectivity index is 1.94. The van der Waals surface area contributed by atoms with Crippen molar-refractivity contribution in [1.29, 1.82) is 0 Å². The smallest absolute Gasteiger partial charge is 0.255 e. The Morgan fingerprint density at radius 3 is 2.57 bits per heavy atom. The van der Waals surface area contributed by atoms with Crippen molar-refractivity contribution >= 4 is 11.6 Å². The average molecular weight is 314 g/mol. The van der Waals surface area contributed by atoms with E-state index >= 15 is 0 Å². The summed E-state index contributed by atoms with van der Waals surface area (Å²) in [5.41, 5.74) is 2.47. The second-order valence-electron chi connectivity index (χ2n) is 5.05. The lowest BCUT2D eigenvalue weighted by molar-refractivity contribution is 0.102. The van der Waals surface area contributed by atoms with Crippen LogP contribution in [0.5, 0.6) is 5.75 Å². The summed E-state index contributed by atoms with van der Waals surface area (Å²) in [5.74, 6) is 0.586. The fourth-order valence-corrected chi connectivity index (χ4v) is 2.11. The predicted octanol–water partition coefficient (Wildman–Crippen LogP) is 2.68. The number of anilines is 1. The molecule has 0 radical (unpaired) electrons. The van der Waals surface area contributed by atoms with Gasteiger partial charge in [-0.1, -0.05) is 12.1 Å². The Bertz CT molecular complexity index is 626. The van der Waals surface area contributed by atoms with E-state index in [0.29, 0.717) is 12.2 Å². The number of nitrogens with one attached hydrogen (secondary N) is 2. The molecule has 23 heavy (non-hydrogen) atoms. The molecule has 5 nitrogen and oxygen atoms in total. The van der Waals surface area contributed by atoms with Crippen molar-refractivity contribution in [3.8, 4) is 5.75 Å². The third kappa shape index (κ3) is 5.39. The Hall–Kier alpha value is -2.37. The molecule has 122 valence electrons. The second kappa shape index (κ2) is 8.92. The zero-order valence-corrected chi connectivity index (χ0v) is 13.5. The summed E-state index contributed by atoms with van der Waals surface area (Å²) < 4.78 is 10.1. The number of amides is 1. The third-order valence-electron chi connectivity index (χ3n) is 3.35. The van der Waals surface area contributed by atoms with Crippen molar-refractivity contribution in [3.05, 3.63) is 59.7 Å². The van der Waals surface area contributed by atoms with E-state index < -0.39 is 0 Å². The lowest BCUT2D eigenvalue weighted by atomic mass is 10.1. The van der Waals surface area contributed by atoms with Crippen molar-refractivity contribution in [2.75, 3.05) is 32.7 Å². The molecule has 0 saturated heterocycles. The summed E-state index contributed by atoms with van der Waals surface area (Å²) >= 11 is 0. The van der Waals surface area contributed by atoms with E-state index in [-0.39, 0.29) is 5.91 Å². The van der Waals surface area contributed by atoms with Crippen molar-refractivity contribution in [1.82, 2.24) is 5.32 Å². The van der Waals surface area contributed by atoms with Gasteiger partial charge in [-0.25, -0.2) is 0 Å². The van der Waals surface area contributed by atoms with E-state index in [1.54, 1.807) is 38.5 Å². The minimum absolute atomic E-state index is 0.142. The van der Waals surface area contributed by atoms with Gasteiger partial charge in [0.25, 0.3) is 5.91 Å². The first-order valence-electron chi connectivity index (χ1n) is 7.47. The number of benzene rings is 2. The first kappa shape index (κ1) is 17.0. The van der Waals surface area contributed by atoms with E-state index in [1.165, 1.54) is 0 Å². The van der Waals surface area contributed by atoms with E-state index in [1.807, 2.05) is 24.3 Å². The summed E-state index contributed by atoms with van der Waals surface area (Å²) in [4.78, 5) is 12.2. The number of methoxy groups -OCH3 is 2. The van der Waals surface area contributed by atoms with E-state index in [9.17, 15) is 4.79 Å². The number of hydrogen-bond donors (Lipinski definition) is 2. The molecule has 0 fully saturated rings. The van der Waals surface area contributed by atoms with Gasteiger partial charge in [-0.2, -0.15) is 0 Å². The maximum absolute atomic E-state index is 12.2. The minimum Gasteiger partial charge on any atom is -0.497 e. The van der Waals surface area contributed by atoms with Gasteiger partial charge in [-0.05, 0) is 42.0 Å². The molecule has 2 N–H and O–H groups in total. The van der Waals surface area contributed by atoms with Gasteiger partial charge in [0.15, 0.2) is 0 Å². The van der Waals surface area contributed by atoms with Gasteiger partial charge in [-0.3, -0.25) is 4.79 Å². The van der Waals surface area contributed by atoms with Gasteiger partial charge in [0.05, 0.1) is 13.7 Å². The Labute approximate surface area is 136 Å². The van der Waals surface area contributed by atoms with Gasteiger partial charge in [0, 0.05) is 31.5 Å². The quantitative estimate of drug-likeness (QED) is 0.736. The van der Waals surface area contributed by atoms with Crippen LogP contribution in [0.1, 0.15) is 15.9 Å². The van der Waals surface area contributed by atoms with Gasteiger partial charge in [0.2, 0.25) is 0 Å². The molecule has 0 spiro atoms. The summed E-state index contributed by atoms with van der Waals surface area (Å²) in [6.45, 7) is 2.20. The fourth-order valence-electron chi connectivity index (χ4n) is 2.11. The molecule has 0 atom stereocenters. The van der Waals surface area contributed by atoms with Gasteiger partial charge < -0.3 is 20.1 Å². The summed E-state index contributed by atoms with van der Waals surface area (Å²) in [7, 11) is 3.28. The van der Waals surface area contributed by atoms with Crippen LogP contribution in [0.25, 0.3) is 0 Å². The molecule has 0 unspecified atom stereocenters. The topological polar surface area (TPSA) is 59.6 Å². The van der Waals surface area contributed by atoms with E-state index in [4.69, 9.17) is 9.47 Å². The normalized spacial score (nSPS) is 10.3. The molecule has 0 bridgehead atoms. The van der Waals surface area contributed by atoms with Crippen LogP contribution in [0.3, 0.4) is 0 Å². The molecule has 0 aliphatic heterocycles. The summed E-state index contributed by atoms with van der Waals surface area (Å²) in [6, 6.07) is 14.8. The Morgan fingerprint density at radius 2 is 1.87 bits per heavy atom. The Kier molecular flexibility index (Phi) is 6.59. The average Bonchev–Trinajstić information content (AvgIpc) is 2.59. The molecular weight excluding hydrogens is 292 g/mol. The van der Waals surface area contributed by atoms with Crippen LogP contribution >= 0.6 is 0 Å². The highest BCUT2D eigenvalue weighted by molar-refractivity contribution is 6.04. The molecule has 0 saturated carbocycles. The Morgan fingerprint density at radius 1 is 1.09 bits per heavy atom. The molecule has 0 aliphatic carbocycles. The predicted molar refractivity (Wildman–Crippen MR) is 91.0 cm³/mol. The van der Waals surface area contributed by atoms with E-state index in [2.05, 4.69) is 10.6 Å². The molecule has 0 aromatic heterocycles. The van der Waals surface area contributed by atoms with Crippen LogP contribution in [-0.4, -0.2) is 33.3 Å². The lowest BCUT2D eigenvalue weighted by Gasteiger charge is -2.09. The highest BCUT2D eigenvalue weighted by Crippen LogP contribution is 2.15. The maximum Gasteiger partial charge on any atom is 0.255 e. The monoisotopic (exact) mass is 314 g/mol. The fraction of sp³-hybridized carbons (Fsp3) is 0.278. The van der Waals surface area contributed by atoms with Crippen LogP contribution in [0.2, 0.25) is 0 Å². The number of carbonyl (C=O) groups excluding carboxylic acids is 1. The molecule has 1 amide bonds. The standard InChI is InChI=1S/C18H22N2O3/c1-22-11-10-19-13-14-4-3-5-16(12-14)20-18(21)15-6-8-17(23-2)9-7-15/h3-9,12,19H,10-11,13H2,1-2H3,(H,20,21). The highest BCUT2D eigenvalue weighted by atomic mass is 16.5. The molecule has 2 aromatic carbocycles. The first-order chi connectivity index (χ1) is 11.2. The zero-order chi connectivity index (χ0) is 16.5. The summed E-state index contributed by atoms with van der Waals surface area (Å²) in [6.07, 6.45) is 0. The molecule has 5 heteroatoms. The second-order valence-corrected chi connectivity index (χ2v) is 5.05. The van der Waals surface area contributed by atoms with Gasteiger partial charge >= 0.3 is 0 Å². The number of carbonyl (C=O) groups is 1. The van der Waals surface area contributed by atoms with Crippen LogP contribution in [-0.2, 0) is 11.3 Å². The van der Waals surface area contributed by atoms with Gasteiger partial charge in [0.1, 0.15) is 5.75 Å². The SMILES string of the molecule is COCCNCc1cccc(NC(=O)c2ccc(OC)cc2)c1. The number of hydrogen-bond acceptors (Lipinski definition) is 4. The maximum atomic E-state index is 12.2. The van der Waals surface area contributed by atoms with Gasteiger partial charge in [-0.15, -0.1) is 0 Å². The molecule has 2 aromatic rings. The highest BCUT2D eigenvalue weighted by Gasteiger charge is 2.06. The number of rotatable bonds is 8. The van der Waals surface area contributed by atoms with Crippen molar-refractivity contribution in [2.24, 2.45) is 0 Å². The third-order valence-corrected chi connectivity index (χ3v) is 3.35. The molecule has 0 heterocycles. The zero-order valence-electron chi connectivity index (χ0n) is 13.5. The molecule has 2 rings (SSSR count). The van der Waals surface area contributed by atoms with Crippen molar-refractivity contribution in [3.63, 3.8) is 0 Å². The van der Waals surface area contributed by atoms with Crippen LogP contribution in [0.4, 0.5) is 5.69 Å². The molecule has 0 aliphatic rings. The lowest BCUT2D eigenvalue weighted by Crippen LogP contribution is -2.18. The van der Waals surface area contributed by atoms with Crippen LogP contribution in [0.15, 0.2) is 48.5 Å². The van der Waals surface area contributed by atoms with Crippen LogP contribution in [0, 0.1) is 0 Å².